The number of Topliss-reactive ketones (excluding diaryl/α,β-unsaturated/α-hetero) is 1. The zero-order valence-corrected chi connectivity index (χ0v) is 11.4. The van der Waals surface area contributed by atoms with E-state index in [4.69, 9.17) is 4.74 Å². The van der Waals surface area contributed by atoms with Gasteiger partial charge in [0, 0.05) is 17.5 Å². The van der Waals surface area contributed by atoms with Crippen molar-refractivity contribution in [2.45, 2.75) is 18.9 Å². The number of rotatable bonds is 4. The third-order valence-corrected chi connectivity index (χ3v) is 3.69. The molecule has 0 saturated heterocycles. The van der Waals surface area contributed by atoms with Crippen LogP contribution < -0.4 is 4.74 Å². The fraction of sp³-hybridized carbons (Fsp3) is 0.235. The number of halogens is 1. The van der Waals surface area contributed by atoms with Crippen molar-refractivity contribution in [3.8, 4) is 5.75 Å². The predicted octanol–water partition coefficient (Wildman–Crippen LogP) is 3.07. The van der Waals surface area contributed by atoms with E-state index in [-0.39, 0.29) is 18.2 Å². The number of ketones is 1. The number of carbonyl (C=O) groups excluding carboxylic acids is 1. The second kappa shape index (κ2) is 5.66. The lowest BCUT2D eigenvalue weighted by Crippen LogP contribution is -2.10. The van der Waals surface area contributed by atoms with Crippen molar-refractivity contribution >= 4 is 5.78 Å². The van der Waals surface area contributed by atoms with Crippen molar-refractivity contribution < 1.29 is 19.0 Å². The number of fused-ring (bicyclic) bond motifs is 1. The average Bonchev–Trinajstić information content (AvgIpc) is 2.88. The SMILES string of the molecule is O=C1CCc2c(OCC(O)c3ccc(F)cc3)cccc21. The Labute approximate surface area is 122 Å². The van der Waals surface area contributed by atoms with Gasteiger partial charge < -0.3 is 9.84 Å². The van der Waals surface area contributed by atoms with E-state index in [9.17, 15) is 14.3 Å². The van der Waals surface area contributed by atoms with Gasteiger partial charge in [0.25, 0.3) is 0 Å². The van der Waals surface area contributed by atoms with E-state index in [0.29, 0.717) is 29.7 Å². The highest BCUT2D eigenvalue weighted by atomic mass is 19.1. The van der Waals surface area contributed by atoms with E-state index < -0.39 is 6.10 Å². The van der Waals surface area contributed by atoms with Crippen molar-refractivity contribution in [2.75, 3.05) is 6.61 Å². The molecule has 108 valence electrons. The second-order valence-corrected chi connectivity index (χ2v) is 5.08. The van der Waals surface area contributed by atoms with Crippen molar-refractivity contribution in [3.63, 3.8) is 0 Å². The number of aliphatic hydroxyl groups is 1. The van der Waals surface area contributed by atoms with Gasteiger partial charge in [0.05, 0.1) is 0 Å². The lowest BCUT2D eigenvalue weighted by atomic mass is 10.1. The quantitative estimate of drug-likeness (QED) is 0.939. The minimum absolute atomic E-state index is 0.0658. The van der Waals surface area contributed by atoms with Crippen LogP contribution in [0.1, 0.15) is 34.0 Å². The van der Waals surface area contributed by atoms with E-state index in [1.165, 1.54) is 24.3 Å². The largest absolute Gasteiger partial charge is 0.490 e. The van der Waals surface area contributed by atoms with Gasteiger partial charge in [-0.15, -0.1) is 0 Å². The van der Waals surface area contributed by atoms with Crippen LogP contribution in [-0.2, 0) is 6.42 Å². The van der Waals surface area contributed by atoms with Gasteiger partial charge in [-0.1, -0.05) is 24.3 Å². The van der Waals surface area contributed by atoms with Crippen LogP contribution in [0.3, 0.4) is 0 Å². The van der Waals surface area contributed by atoms with Crippen LogP contribution in [0.25, 0.3) is 0 Å². The van der Waals surface area contributed by atoms with Crippen LogP contribution in [0.4, 0.5) is 4.39 Å². The average molecular weight is 286 g/mol. The molecule has 21 heavy (non-hydrogen) atoms. The Kier molecular flexibility index (Phi) is 3.71. The summed E-state index contributed by atoms with van der Waals surface area (Å²) >= 11 is 0. The summed E-state index contributed by atoms with van der Waals surface area (Å²) in [6, 6.07) is 11.0. The van der Waals surface area contributed by atoms with Gasteiger partial charge in [0.1, 0.15) is 24.3 Å². The fourth-order valence-electron chi connectivity index (χ4n) is 2.54. The normalized spacial score (nSPS) is 14.9. The summed E-state index contributed by atoms with van der Waals surface area (Å²) in [5.41, 5.74) is 2.22. The Morgan fingerprint density at radius 2 is 1.90 bits per heavy atom. The lowest BCUT2D eigenvalue weighted by molar-refractivity contribution is 0.0994. The highest BCUT2D eigenvalue weighted by molar-refractivity contribution is 6.01. The van der Waals surface area contributed by atoms with Gasteiger partial charge in [-0.3, -0.25) is 4.79 Å². The first-order chi connectivity index (χ1) is 10.1. The number of hydrogen-bond donors (Lipinski definition) is 1. The molecule has 2 aromatic rings. The molecule has 0 aromatic heterocycles. The van der Waals surface area contributed by atoms with Crippen LogP contribution in [0.2, 0.25) is 0 Å². The van der Waals surface area contributed by atoms with Crippen LogP contribution in [-0.4, -0.2) is 17.5 Å². The molecule has 3 nitrogen and oxygen atoms in total. The molecule has 0 saturated carbocycles. The fourth-order valence-corrected chi connectivity index (χ4v) is 2.54. The molecular formula is C17H15FO3. The van der Waals surface area contributed by atoms with Crippen LogP contribution in [0.5, 0.6) is 5.75 Å². The van der Waals surface area contributed by atoms with Crippen molar-refractivity contribution in [1.29, 1.82) is 0 Å². The molecule has 0 spiro atoms. The second-order valence-electron chi connectivity index (χ2n) is 5.08. The van der Waals surface area contributed by atoms with Crippen LogP contribution >= 0.6 is 0 Å². The topological polar surface area (TPSA) is 46.5 Å². The molecule has 0 bridgehead atoms. The number of carbonyl (C=O) groups is 1. The Morgan fingerprint density at radius 1 is 1.14 bits per heavy atom. The summed E-state index contributed by atoms with van der Waals surface area (Å²) < 4.78 is 18.5. The summed E-state index contributed by atoms with van der Waals surface area (Å²) in [6.45, 7) is 0.0658. The Bertz CT molecular complexity index is 664. The van der Waals surface area contributed by atoms with E-state index in [0.717, 1.165) is 5.56 Å². The van der Waals surface area contributed by atoms with Gasteiger partial charge in [-0.25, -0.2) is 4.39 Å². The highest BCUT2D eigenvalue weighted by Gasteiger charge is 2.23. The monoisotopic (exact) mass is 286 g/mol. The van der Waals surface area contributed by atoms with Gasteiger partial charge in [-0.05, 0) is 30.2 Å². The maximum atomic E-state index is 12.8. The van der Waals surface area contributed by atoms with Crippen molar-refractivity contribution in [1.82, 2.24) is 0 Å². The molecule has 1 unspecified atom stereocenters. The zero-order chi connectivity index (χ0) is 14.8. The molecule has 0 amide bonds. The molecule has 0 aliphatic heterocycles. The molecule has 1 aliphatic carbocycles. The number of ether oxygens (including phenoxy) is 1. The van der Waals surface area contributed by atoms with Gasteiger partial charge >= 0.3 is 0 Å². The maximum absolute atomic E-state index is 12.8. The van der Waals surface area contributed by atoms with Crippen molar-refractivity contribution in [3.05, 3.63) is 65.0 Å². The van der Waals surface area contributed by atoms with E-state index in [1.807, 2.05) is 0 Å². The first kappa shape index (κ1) is 13.8. The molecule has 1 atom stereocenters. The molecule has 0 radical (unpaired) electrons. The maximum Gasteiger partial charge on any atom is 0.163 e. The van der Waals surface area contributed by atoms with Gasteiger partial charge in [0.2, 0.25) is 0 Å². The molecule has 4 heteroatoms. The number of aliphatic hydroxyl groups excluding tert-OH is 1. The lowest BCUT2D eigenvalue weighted by Gasteiger charge is -2.14. The Morgan fingerprint density at radius 3 is 2.67 bits per heavy atom. The first-order valence-corrected chi connectivity index (χ1v) is 6.86. The molecule has 1 aliphatic rings. The first-order valence-electron chi connectivity index (χ1n) is 6.86. The summed E-state index contributed by atoms with van der Waals surface area (Å²) in [4.78, 5) is 11.7. The number of benzene rings is 2. The predicted molar refractivity (Wildman–Crippen MR) is 75.9 cm³/mol. The van der Waals surface area contributed by atoms with E-state index >= 15 is 0 Å². The molecule has 1 N–H and O–H groups in total. The Hall–Kier alpha value is -2.20. The van der Waals surface area contributed by atoms with Crippen molar-refractivity contribution in [2.24, 2.45) is 0 Å². The standard InChI is InChI=1S/C17H15FO3/c18-12-6-4-11(5-7-12)16(20)10-21-17-3-1-2-13-14(17)8-9-15(13)19/h1-7,16,20H,8-10H2. The smallest absolute Gasteiger partial charge is 0.163 e. The van der Waals surface area contributed by atoms with E-state index in [1.54, 1.807) is 18.2 Å². The van der Waals surface area contributed by atoms with E-state index in [2.05, 4.69) is 0 Å². The molecular weight excluding hydrogens is 271 g/mol. The third-order valence-electron chi connectivity index (χ3n) is 3.69. The minimum Gasteiger partial charge on any atom is -0.490 e. The molecule has 0 heterocycles. The molecule has 2 aromatic carbocycles. The van der Waals surface area contributed by atoms with Gasteiger partial charge in [-0.2, -0.15) is 0 Å². The number of hydrogen-bond acceptors (Lipinski definition) is 3. The minimum atomic E-state index is -0.835. The summed E-state index contributed by atoms with van der Waals surface area (Å²) in [6.07, 6.45) is 0.353. The third kappa shape index (κ3) is 2.81. The van der Waals surface area contributed by atoms with Crippen LogP contribution in [0.15, 0.2) is 42.5 Å². The summed E-state index contributed by atoms with van der Waals surface area (Å²) in [5.74, 6) is 0.431. The zero-order valence-electron chi connectivity index (χ0n) is 11.4. The summed E-state index contributed by atoms with van der Waals surface area (Å²) in [7, 11) is 0. The molecule has 3 rings (SSSR count). The summed E-state index contributed by atoms with van der Waals surface area (Å²) in [5, 5.41) is 10.1. The molecule has 0 fully saturated rings. The van der Waals surface area contributed by atoms with Crippen LogP contribution in [0, 0.1) is 5.82 Å². The van der Waals surface area contributed by atoms with Gasteiger partial charge in [0.15, 0.2) is 5.78 Å². The highest BCUT2D eigenvalue weighted by Crippen LogP contribution is 2.31. The Balaban J connectivity index is 1.71.